The molecule has 3 N–H and O–H groups in total. The molecular formula is C36H23FN6O7. The Morgan fingerprint density at radius 2 is 1.66 bits per heavy atom. The van der Waals surface area contributed by atoms with Crippen LogP contribution < -0.4 is 15.4 Å². The molecular weight excluding hydrogens is 647 g/mol. The molecule has 7 rings (SSSR count). The van der Waals surface area contributed by atoms with Gasteiger partial charge in [-0.3, -0.25) is 14.9 Å². The van der Waals surface area contributed by atoms with Gasteiger partial charge < -0.3 is 29.3 Å². The number of rotatable bonds is 10. The maximum absolute atomic E-state index is 15.4. The summed E-state index contributed by atoms with van der Waals surface area (Å²) in [4.78, 5) is 36.7. The summed E-state index contributed by atoms with van der Waals surface area (Å²) < 4.78 is 32.0. The highest BCUT2D eigenvalue weighted by Crippen LogP contribution is 2.31. The number of nitrogens with zero attached hydrogens (tertiary/aromatic N) is 4. The fourth-order valence-corrected chi connectivity index (χ4v) is 4.79. The van der Waals surface area contributed by atoms with Crippen molar-refractivity contribution in [3.8, 4) is 28.7 Å². The summed E-state index contributed by atoms with van der Waals surface area (Å²) in [7, 11) is 0. The first-order valence-electron chi connectivity index (χ1n) is 14.9. The second-order valence-electron chi connectivity index (χ2n) is 10.6. The quantitative estimate of drug-likeness (QED) is 0.0721. The molecule has 3 heterocycles. The fourth-order valence-electron chi connectivity index (χ4n) is 4.79. The Morgan fingerprint density at radius 1 is 0.900 bits per heavy atom. The minimum atomic E-state index is -0.783. The van der Waals surface area contributed by atoms with E-state index in [0.29, 0.717) is 28.1 Å². The Labute approximate surface area is 281 Å². The number of ether oxygens (including phenoxy) is 1. The van der Waals surface area contributed by atoms with Gasteiger partial charge in [0.2, 0.25) is 5.89 Å². The third-order valence-corrected chi connectivity index (χ3v) is 7.19. The van der Waals surface area contributed by atoms with Crippen LogP contribution >= 0.6 is 0 Å². The van der Waals surface area contributed by atoms with Crippen LogP contribution in [0.25, 0.3) is 34.5 Å². The third-order valence-electron chi connectivity index (χ3n) is 7.19. The number of phenols is 1. The Kier molecular flexibility index (Phi) is 8.38. The van der Waals surface area contributed by atoms with Crippen molar-refractivity contribution in [1.29, 1.82) is 0 Å². The zero-order valence-corrected chi connectivity index (χ0v) is 25.6. The monoisotopic (exact) mass is 670 g/mol. The van der Waals surface area contributed by atoms with Gasteiger partial charge in [-0.05, 0) is 84.9 Å². The summed E-state index contributed by atoms with van der Waals surface area (Å²) in [5.41, 5.74) is 1.08. The van der Waals surface area contributed by atoms with Crippen molar-refractivity contribution in [3.05, 3.63) is 143 Å². The number of nitrogens with one attached hydrogen (secondary N) is 2. The summed E-state index contributed by atoms with van der Waals surface area (Å²) in [5, 5.41) is 26.7. The number of carbonyl (C=O) groups is 1. The number of anilines is 3. The molecule has 0 saturated heterocycles. The lowest BCUT2D eigenvalue weighted by Crippen LogP contribution is -2.13. The van der Waals surface area contributed by atoms with Gasteiger partial charge >= 0.3 is 5.88 Å². The van der Waals surface area contributed by atoms with E-state index in [-0.39, 0.29) is 45.9 Å². The summed E-state index contributed by atoms with van der Waals surface area (Å²) >= 11 is 0. The number of aromatic nitrogens is 3. The maximum Gasteiger partial charge on any atom is 0.433 e. The predicted molar refractivity (Wildman–Crippen MR) is 182 cm³/mol. The Balaban J connectivity index is 1.14. The highest BCUT2D eigenvalue weighted by molar-refractivity contribution is 6.05. The highest BCUT2D eigenvalue weighted by atomic mass is 19.1. The molecule has 0 fully saturated rings. The van der Waals surface area contributed by atoms with Crippen LogP contribution in [0, 0.1) is 15.9 Å². The molecule has 4 aromatic carbocycles. The van der Waals surface area contributed by atoms with E-state index in [0.717, 1.165) is 6.07 Å². The smallest absolute Gasteiger partial charge is 0.433 e. The molecule has 7 aromatic rings. The fraction of sp³-hybridized carbons (Fsp3) is 0. The first kappa shape index (κ1) is 31.3. The van der Waals surface area contributed by atoms with Crippen LogP contribution in [-0.4, -0.2) is 30.9 Å². The zero-order valence-electron chi connectivity index (χ0n) is 25.6. The molecule has 246 valence electrons. The van der Waals surface area contributed by atoms with Crippen molar-refractivity contribution in [2.45, 2.75) is 0 Å². The van der Waals surface area contributed by atoms with Crippen LogP contribution in [-0.2, 0) is 0 Å². The Bertz CT molecular complexity index is 2370. The first-order chi connectivity index (χ1) is 24.3. The van der Waals surface area contributed by atoms with Crippen molar-refractivity contribution >= 4 is 52.0 Å². The van der Waals surface area contributed by atoms with Crippen molar-refractivity contribution in [2.75, 3.05) is 10.6 Å². The molecule has 0 aliphatic rings. The molecule has 0 aliphatic carbocycles. The first-order valence-corrected chi connectivity index (χ1v) is 14.9. The van der Waals surface area contributed by atoms with E-state index in [2.05, 4.69) is 25.6 Å². The lowest BCUT2D eigenvalue weighted by atomic mass is 10.1. The molecule has 50 heavy (non-hydrogen) atoms. The lowest BCUT2D eigenvalue weighted by Gasteiger charge is -2.12. The molecule has 0 unspecified atom stereocenters. The van der Waals surface area contributed by atoms with Gasteiger partial charge in [0.25, 0.3) is 5.91 Å². The van der Waals surface area contributed by atoms with Gasteiger partial charge in [-0.2, -0.15) is 0 Å². The number of phenolic OH excluding ortho intramolecular Hbond substituents is 1. The van der Waals surface area contributed by atoms with Crippen molar-refractivity contribution in [2.24, 2.45) is 0 Å². The number of hydrogen-bond acceptors (Lipinski definition) is 11. The van der Waals surface area contributed by atoms with Gasteiger partial charge in [0.1, 0.15) is 45.8 Å². The second-order valence-corrected chi connectivity index (χ2v) is 10.6. The summed E-state index contributed by atoms with van der Waals surface area (Å²) in [6.07, 6.45) is 4.05. The summed E-state index contributed by atoms with van der Waals surface area (Å²) in [6.45, 7) is 0. The average molecular weight is 671 g/mol. The number of nitro groups is 1. The van der Waals surface area contributed by atoms with Crippen LogP contribution in [0.15, 0.2) is 118 Å². The van der Waals surface area contributed by atoms with Crippen LogP contribution in [0.2, 0.25) is 0 Å². The van der Waals surface area contributed by atoms with Gasteiger partial charge in [-0.15, -0.1) is 0 Å². The molecule has 3 aromatic heterocycles. The van der Waals surface area contributed by atoms with Gasteiger partial charge in [0.05, 0.1) is 17.3 Å². The van der Waals surface area contributed by atoms with E-state index in [4.69, 9.17) is 13.6 Å². The number of carbonyl (C=O) groups excluding carboxylic acids is 1. The number of oxazole rings is 1. The third kappa shape index (κ3) is 6.99. The van der Waals surface area contributed by atoms with E-state index in [1.54, 1.807) is 36.4 Å². The number of aromatic hydroxyl groups is 1. The molecule has 0 atom stereocenters. The largest absolute Gasteiger partial charge is 0.508 e. The number of benzene rings is 4. The van der Waals surface area contributed by atoms with E-state index < -0.39 is 22.5 Å². The minimum absolute atomic E-state index is 0.0523. The van der Waals surface area contributed by atoms with Gasteiger partial charge in [-0.1, -0.05) is 18.2 Å². The number of hydrogen-bond donors (Lipinski definition) is 3. The normalized spacial score (nSPS) is 11.1. The van der Waals surface area contributed by atoms with Gasteiger partial charge in [-0.25, -0.2) is 19.3 Å². The molecule has 0 radical (unpaired) electrons. The predicted octanol–water partition coefficient (Wildman–Crippen LogP) is 8.59. The van der Waals surface area contributed by atoms with Gasteiger partial charge in [0, 0.05) is 22.7 Å². The number of fused-ring (bicyclic) bond motifs is 1. The number of amides is 1. The molecule has 13 nitrogen and oxygen atoms in total. The van der Waals surface area contributed by atoms with E-state index in [1.807, 2.05) is 30.3 Å². The number of furan rings is 1. The summed E-state index contributed by atoms with van der Waals surface area (Å²) in [5.74, 6) is 0.139. The SMILES string of the molecule is O=C(Nc1cc2c(Nc3ccc(O)cc3)nc(/C=C/c3ccc([N+](=O)[O-])o3)nc2cc1F)c1coc(-c2ccc(Oc3ccccc3)cc2)n1. The topological polar surface area (TPSA) is 179 Å². The van der Waals surface area contributed by atoms with Crippen molar-refractivity contribution < 1.29 is 32.8 Å². The molecule has 1 amide bonds. The van der Waals surface area contributed by atoms with Crippen LogP contribution in [0.5, 0.6) is 17.2 Å². The van der Waals surface area contributed by atoms with Gasteiger partial charge in [0.15, 0.2) is 11.5 Å². The second kappa shape index (κ2) is 13.4. The molecule has 0 spiro atoms. The van der Waals surface area contributed by atoms with E-state index in [9.17, 15) is 20.0 Å². The zero-order chi connectivity index (χ0) is 34.6. The van der Waals surface area contributed by atoms with Crippen molar-refractivity contribution in [1.82, 2.24) is 15.0 Å². The summed E-state index contributed by atoms with van der Waals surface area (Å²) in [6, 6.07) is 27.6. The highest BCUT2D eigenvalue weighted by Gasteiger charge is 2.18. The number of halogens is 1. The van der Waals surface area contributed by atoms with E-state index >= 15 is 4.39 Å². The molecule has 0 aliphatic heterocycles. The van der Waals surface area contributed by atoms with Crippen LogP contribution in [0.1, 0.15) is 22.1 Å². The van der Waals surface area contributed by atoms with Crippen LogP contribution in [0.4, 0.5) is 27.5 Å². The molecule has 0 saturated carbocycles. The Morgan fingerprint density at radius 3 is 2.40 bits per heavy atom. The molecule has 0 bridgehead atoms. The van der Waals surface area contributed by atoms with Crippen molar-refractivity contribution in [3.63, 3.8) is 0 Å². The maximum atomic E-state index is 15.4. The molecule has 14 heteroatoms. The lowest BCUT2D eigenvalue weighted by molar-refractivity contribution is -0.402. The minimum Gasteiger partial charge on any atom is -0.508 e. The Hall–Kier alpha value is -7.35. The number of para-hydroxylation sites is 1. The van der Waals surface area contributed by atoms with E-state index in [1.165, 1.54) is 48.7 Å². The average Bonchev–Trinajstić information content (AvgIpc) is 3.81. The van der Waals surface area contributed by atoms with Crippen LogP contribution in [0.3, 0.4) is 0 Å². The standard InChI is InChI=1S/C36H23FN6O7/c37-28-19-29-27(34(38-22-8-10-23(44)11-9-22)42-32(39-29)16-14-26-15-17-33(50-26)43(46)47)18-30(28)40-35(45)31-20-48-36(41-31)21-6-12-25(13-7-21)49-24-4-2-1-3-5-24/h1-20,44H,(H,40,45)(H,38,39,42)/b16-14+.